The summed E-state index contributed by atoms with van der Waals surface area (Å²) in [6.45, 7) is 2.12. The average molecular weight is 273 g/mol. The lowest BCUT2D eigenvalue weighted by Crippen LogP contribution is -2.53. The first-order valence-electron chi connectivity index (χ1n) is 6.03. The molecule has 1 fully saturated rings. The summed E-state index contributed by atoms with van der Waals surface area (Å²) in [6.07, 6.45) is -0.589. The predicted octanol–water partition coefficient (Wildman–Crippen LogP) is -1.31. The van der Waals surface area contributed by atoms with Gasteiger partial charge in [0.2, 0.25) is 5.91 Å². The van der Waals surface area contributed by atoms with Crippen molar-refractivity contribution in [2.24, 2.45) is 0 Å². The number of aliphatic hydroxyl groups is 1. The Bertz CT molecular complexity index is 371. The number of nitrogens with zero attached hydrogens (tertiary/aromatic N) is 2. The van der Waals surface area contributed by atoms with Crippen LogP contribution in [0.3, 0.4) is 0 Å². The fraction of sp³-hybridized carbons (Fsp3) is 0.727. The Kier molecular flexibility index (Phi) is 5.11. The summed E-state index contributed by atoms with van der Waals surface area (Å²) in [7, 11) is 1.65. The van der Waals surface area contributed by atoms with Crippen LogP contribution in [0.1, 0.15) is 13.3 Å². The van der Waals surface area contributed by atoms with Crippen molar-refractivity contribution in [3.63, 3.8) is 0 Å². The average Bonchev–Trinajstić information content (AvgIpc) is 2.48. The molecule has 2 atom stereocenters. The molecule has 1 aliphatic rings. The lowest BCUT2D eigenvalue weighted by Gasteiger charge is -2.24. The van der Waals surface area contributed by atoms with Crippen LogP contribution in [0.15, 0.2) is 0 Å². The van der Waals surface area contributed by atoms with Crippen LogP contribution in [0.4, 0.5) is 4.79 Å². The van der Waals surface area contributed by atoms with Gasteiger partial charge in [0.05, 0.1) is 6.10 Å². The Labute approximate surface area is 111 Å². The standard InChI is InChI=1S/C11H19N3O5/c1-7(15)9(10(17)18)12-11(19)14-5-3-4-13(2)8(16)6-14/h7,9,15H,3-6H2,1-2H3,(H,12,19)(H,17,18). The number of carboxylic acids is 1. The molecule has 108 valence electrons. The highest BCUT2D eigenvalue weighted by atomic mass is 16.4. The molecular formula is C11H19N3O5. The maximum atomic E-state index is 11.9. The molecule has 1 rings (SSSR count). The van der Waals surface area contributed by atoms with Crippen LogP contribution in [0, 0.1) is 0 Å². The van der Waals surface area contributed by atoms with E-state index in [9.17, 15) is 19.5 Å². The zero-order valence-corrected chi connectivity index (χ0v) is 11.0. The minimum absolute atomic E-state index is 0.0888. The topological polar surface area (TPSA) is 110 Å². The highest BCUT2D eigenvalue weighted by Crippen LogP contribution is 2.04. The number of carbonyl (C=O) groups is 3. The third kappa shape index (κ3) is 4.09. The second-order valence-corrected chi connectivity index (χ2v) is 4.60. The third-order valence-electron chi connectivity index (χ3n) is 2.99. The molecule has 2 unspecified atom stereocenters. The van der Waals surface area contributed by atoms with Crippen LogP contribution in [0.2, 0.25) is 0 Å². The minimum Gasteiger partial charge on any atom is -0.480 e. The van der Waals surface area contributed by atoms with E-state index >= 15 is 0 Å². The van der Waals surface area contributed by atoms with E-state index in [-0.39, 0.29) is 12.5 Å². The van der Waals surface area contributed by atoms with E-state index in [1.54, 1.807) is 7.05 Å². The van der Waals surface area contributed by atoms with E-state index < -0.39 is 24.1 Å². The summed E-state index contributed by atoms with van der Waals surface area (Å²) in [5.74, 6) is -1.52. The molecule has 1 heterocycles. The zero-order chi connectivity index (χ0) is 14.6. The van der Waals surface area contributed by atoms with Gasteiger partial charge < -0.3 is 25.3 Å². The summed E-state index contributed by atoms with van der Waals surface area (Å²) in [6, 6.07) is -2.04. The van der Waals surface area contributed by atoms with Gasteiger partial charge in [-0.15, -0.1) is 0 Å². The minimum atomic E-state index is -1.39. The fourth-order valence-corrected chi connectivity index (χ4v) is 1.77. The van der Waals surface area contributed by atoms with Crippen LogP contribution in [0.25, 0.3) is 0 Å². The first-order valence-corrected chi connectivity index (χ1v) is 6.03. The number of carboxylic acid groups (broad SMARTS) is 1. The van der Waals surface area contributed by atoms with Gasteiger partial charge in [-0.05, 0) is 13.3 Å². The molecule has 0 aromatic rings. The Morgan fingerprint density at radius 1 is 1.37 bits per heavy atom. The normalized spacial score (nSPS) is 19.6. The molecule has 3 N–H and O–H groups in total. The van der Waals surface area contributed by atoms with Gasteiger partial charge >= 0.3 is 12.0 Å². The molecular weight excluding hydrogens is 254 g/mol. The Balaban J connectivity index is 2.66. The third-order valence-corrected chi connectivity index (χ3v) is 2.99. The van der Waals surface area contributed by atoms with E-state index in [1.165, 1.54) is 16.7 Å². The first kappa shape index (κ1) is 15.2. The SMILES string of the molecule is CC(O)C(NC(=O)N1CCCN(C)C(=O)C1)C(=O)O. The van der Waals surface area contributed by atoms with Crippen LogP contribution in [-0.2, 0) is 9.59 Å². The van der Waals surface area contributed by atoms with E-state index in [4.69, 9.17) is 5.11 Å². The molecule has 0 bridgehead atoms. The molecule has 0 saturated carbocycles. The van der Waals surface area contributed by atoms with Crippen molar-refractivity contribution >= 4 is 17.9 Å². The number of hydrogen-bond donors (Lipinski definition) is 3. The molecule has 0 spiro atoms. The molecule has 1 saturated heterocycles. The second kappa shape index (κ2) is 6.37. The number of aliphatic carboxylic acids is 1. The quantitative estimate of drug-likeness (QED) is 0.591. The highest BCUT2D eigenvalue weighted by molar-refractivity contribution is 5.87. The molecule has 0 aromatic heterocycles. The van der Waals surface area contributed by atoms with E-state index in [1.807, 2.05) is 0 Å². The van der Waals surface area contributed by atoms with Crippen LogP contribution in [-0.4, -0.2) is 76.7 Å². The lowest BCUT2D eigenvalue weighted by atomic mass is 10.2. The van der Waals surface area contributed by atoms with Gasteiger partial charge in [0, 0.05) is 20.1 Å². The summed E-state index contributed by atoms with van der Waals surface area (Å²) < 4.78 is 0. The van der Waals surface area contributed by atoms with Gasteiger partial charge in [0.1, 0.15) is 6.54 Å². The zero-order valence-electron chi connectivity index (χ0n) is 11.0. The fourth-order valence-electron chi connectivity index (χ4n) is 1.77. The van der Waals surface area contributed by atoms with Crippen molar-refractivity contribution < 1.29 is 24.6 Å². The van der Waals surface area contributed by atoms with Gasteiger partial charge in [-0.1, -0.05) is 0 Å². The maximum absolute atomic E-state index is 11.9. The van der Waals surface area contributed by atoms with Crippen molar-refractivity contribution in [3.8, 4) is 0 Å². The van der Waals surface area contributed by atoms with Crippen molar-refractivity contribution in [2.75, 3.05) is 26.7 Å². The molecule has 8 nitrogen and oxygen atoms in total. The maximum Gasteiger partial charge on any atom is 0.328 e. The second-order valence-electron chi connectivity index (χ2n) is 4.60. The molecule has 8 heteroatoms. The first-order chi connectivity index (χ1) is 8.82. The summed E-state index contributed by atoms with van der Waals surface area (Å²) in [5, 5.41) is 20.4. The van der Waals surface area contributed by atoms with Crippen molar-refractivity contribution in [1.82, 2.24) is 15.1 Å². The summed E-state index contributed by atoms with van der Waals surface area (Å²) in [4.78, 5) is 37.2. The number of likely N-dealkylation sites (N-methyl/N-ethyl adjacent to an activating group) is 1. The van der Waals surface area contributed by atoms with Crippen LogP contribution in [0.5, 0.6) is 0 Å². The number of urea groups is 1. The van der Waals surface area contributed by atoms with Gasteiger partial charge in [0.25, 0.3) is 0 Å². The van der Waals surface area contributed by atoms with Crippen molar-refractivity contribution in [3.05, 3.63) is 0 Å². The number of amides is 3. The lowest BCUT2D eigenvalue weighted by molar-refractivity contribution is -0.141. The van der Waals surface area contributed by atoms with E-state index in [0.717, 1.165) is 0 Å². The predicted molar refractivity (Wildman–Crippen MR) is 65.5 cm³/mol. The van der Waals surface area contributed by atoms with Gasteiger partial charge in [-0.2, -0.15) is 0 Å². The number of carbonyl (C=O) groups excluding carboxylic acids is 2. The van der Waals surface area contributed by atoms with E-state index in [0.29, 0.717) is 19.5 Å². The summed E-state index contributed by atoms with van der Waals surface area (Å²) in [5.41, 5.74) is 0. The smallest absolute Gasteiger partial charge is 0.328 e. The van der Waals surface area contributed by atoms with Gasteiger partial charge in [0.15, 0.2) is 6.04 Å². The number of hydrogen-bond acceptors (Lipinski definition) is 4. The monoisotopic (exact) mass is 273 g/mol. The summed E-state index contributed by atoms with van der Waals surface area (Å²) >= 11 is 0. The number of rotatable bonds is 3. The Morgan fingerprint density at radius 3 is 2.53 bits per heavy atom. The van der Waals surface area contributed by atoms with Gasteiger partial charge in [-0.25, -0.2) is 9.59 Å². The van der Waals surface area contributed by atoms with E-state index in [2.05, 4.69) is 5.32 Å². The largest absolute Gasteiger partial charge is 0.480 e. The number of nitrogens with one attached hydrogen (secondary N) is 1. The van der Waals surface area contributed by atoms with Gasteiger partial charge in [-0.3, -0.25) is 4.79 Å². The number of aliphatic hydroxyl groups excluding tert-OH is 1. The van der Waals surface area contributed by atoms with Crippen molar-refractivity contribution in [2.45, 2.75) is 25.5 Å². The van der Waals surface area contributed by atoms with Crippen LogP contribution >= 0.6 is 0 Å². The van der Waals surface area contributed by atoms with Crippen molar-refractivity contribution in [1.29, 1.82) is 0 Å². The Hall–Kier alpha value is -1.83. The molecule has 0 aromatic carbocycles. The highest BCUT2D eigenvalue weighted by Gasteiger charge is 2.29. The Morgan fingerprint density at radius 2 is 2.00 bits per heavy atom. The molecule has 1 aliphatic heterocycles. The molecule has 3 amide bonds. The van der Waals surface area contributed by atoms with Crippen LogP contribution < -0.4 is 5.32 Å². The molecule has 0 radical (unpaired) electrons. The molecule has 0 aliphatic carbocycles. The molecule has 19 heavy (non-hydrogen) atoms.